The standard InChI is InChI=1S/C16H16FN5O/c1-16(9-13(23)22(2)15(18)21-16)10-5-7-19-12(8-10)11-4-3-6-20-14(11)17/h3-8H,9H2,1-2H3,(H2,18,21)/t16-/m0/s1. The van der Waals surface area contributed by atoms with Crippen LogP contribution in [-0.2, 0) is 10.3 Å². The average Bonchev–Trinajstić information content (AvgIpc) is 2.53. The van der Waals surface area contributed by atoms with E-state index in [1.807, 2.05) is 6.92 Å². The van der Waals surface area contributed by atoms with Crippen molar-refractivity contribution in [2.75, 3.05) is 7.05 Å². The molecule has 0 radical (unpaired) electrons. The Bertz CT molecular complexity index is 807. The van der Waals surface area contributed by atoms with Crippen molar-refractivity contribution < 1.29 is 9.18 Å². The number of aliphatic imine (C=N–C) groups is 1. The van der Waals surface area contributed by atoms with Crippen molar-refractivity contribution in [1.29, 1.82) is 0 Å². The number of hydrogen-bond acceptors (Lipinski definition) is 5. The average molecular weight is 313 g/mol. The number of carbonyl (C=O) groups is 1. The molecule has 1 aliphatic rings. The van der Waals surface area contributed by atoms with E-state index in [0.29, 0.717) is 11.3 Å². The highest BCUT2D eigenvalue weighted by molar-refractivity contribution is 5.98. The predicted molar refractivity (Wildman–Crippen MR) is 83.8 cm³/mol. The van der Waals surface area contributed by atoms with Gasteiger partial charge in [-0.15, -0.1) is 0 Å². The second kappa shape index (κ2) is 5.42. The predicted octanol–water partition coefficient (Wildman–Crippen LogP) is 1.67. The lowest BCUT2D eigenvalue weighted by atomic mass is 9.87. The Morgan fingerprint density at radius 3 is 2.78 bits per heavy atom. The SMILES string of the molecule is CN1C(=O)C[C@@](C)(c2ccnc(-c3cccnc3F)c2)N=C1N. The molecule has 0 fully saturated rings. The van der Waals surface area contributed by atoms with Crippen molar-refractivity contribution in [1.82, 2.24) is 14.9 Å². The molecule has 0 saturated heterocycles. The minimum absolute atomic E-state index is 0.120. The molecule has 2 aromatic rings. The maximum absolute atomic E-state index is 13.9. The summed E-state index contributed by atoms with van der Waals surface area (Å²) in [7, 11) is 1.59. The third-order valence-electron chi connectivity index (χ3n) is 3.99. The van der Waals surface area contributed by atoms with Gasteiger partial charge in [-0.3, -0.25) is 14.7 Å². The fourth-order valence-electron chi connectivity index (χ4n) is 2.56. The highest BCUT2D eigenvalue weighted by Crippen LogP contribution is 2.34. The molecular weight excluding hydrogens is 297 g/mol. The van der Waals surface area contributed by atoms with E-state index in [1.165, 1.54) is 11.1 Å². The third-order valence-corrected chi connectivity index (χ3v) is 3.99. The van der Waals surface area contributed by atoms with Crippen LogP contribution < -0.4 is 5.73 Å². The summed E-state index contributed by atoms with van der Waals surface area (Å²) in [5.41, 5.74) is 6.51. The number of guanidine groups is 1. The van der Waals surface area contributed by atoms with E-state index in [1.54, 1.807) is 37.5 Å². The molecule has 0 aliphatic carbocycles. The fourth-order valence-corrected chi connectivity index (χ4v) is 2.56. The zero-order chi connectivity index (χ0) is 16.6. The minimum atomic E-state index is -0.802. The number of carbonyl (C=O) groups excluding carboxylic acids is 1. The number of pyridine rings is 2. The third kappa shape index (κ3) is 2.65. The number of amides is 1. The number of nitrogens with zero attached hydrogens (tertiary/aromatic N) is 4. The second-order valence-corrected chi connectivity index (χ2v) is 5.64. The van der Waals surface area contributed by atoms with Crippen molar-refractivity contribution in [3.05, 3.63) is 48.2 Å². The molecule has 2 N–H and O–H groups in total. The lowest BCUT2D eigenvalue weighted by Gasteiger charge is -2.33. The summed E-state index contributed by atoms with van der Waals surface area (Å²) >= 11 is 0. The fraction of sp³-hybridized carbons (Fsp3) is 0.250. The maximum atomic E-state index is 13.9. The molecule has 0 aromatic carbocycles. The molecule has 3 heterocycles. The Hall–Kier alpha value is -2.83. The van der Waals surface area contributed by atoms with Crippen LogP contribution >= 0.6 is 0 Å². The molecule has 0 bridgehead atoms. The van der Waals surface area contributed by atoms with Gasteiger partial charge in [0.2, 0.25) is 11.9 Å². The Balaban J connectivity index is 2.07. The van der Waals surface area contributed by atoms with Gasteiger partial charge in [-0.2, -0.15) is 4.39 Å². The molecule has 118 valence electrons. The Kier molecular flexibility index (Phi) is 3.55. The molecule has 1 aliphatic heterocycles. The summed E-state index contributed by atoms with van der Waals surface area (Å²) < 4.78 is 13.9. The van der Waals surface area contributed by atoms with Gasteiger partial charge in [0.1, 0.15) is 0 Å². The minimum Gasteiger partial charge on any atom is -0.369 e. The number of rotatable bonds is 2. The number of halogens is 1. The van der Waals surface area contributed by atoms with Gasteiger partial charge in [-0.25, -0.2) is 9.98 Å². The van der Waals surface area contributed by atoms with Crippen LogP contribution in [0.3, 0.4) is 0 Å². The zero-order valence-electron chi connectivity index (χ0n) is 12.8. The van der Waals surface area contributed by atoms with Crippen LogP contribution in [0.5, 0.6) is 0 Å². The number of hydrogen-bond donors (Lipinski definition) is 1. The Morgan fingerprint density at radius 1 is 1.30 bits per heavy atom. The summed E-state index contributed by atoms with van der Waals surface area (Å²) in [5, 5.41) is 0. The van der Waals surface area contributed by atoms with E-state index in [0.717, 1.165) is 5.56 Å². The monoisotopic (exact) mass is 313 g/mol. The molecule has 6 nitrogen and oxygen atoms in total. The molecule has 23 heavy (non-hydrogen) atoms. The van der Waals surface area contributed by atoms with Gasteiger partial charge in [0.25, 0.3) is 0 Å². The van der Waals surface area contributed by atoms with Crippen molar-refractivity contribution in [2.24, 2.45) is 10.7 Å². The van der Waals surface area contributed by atoms with E-state index < -0.39 is 11.5 Å². The molecule has 0 unspecified atom stereocenters. The number of nitrogens with two attached hydrogens (primary N) is 1. The lowest BCUT2D eigenvalue weighted by molar-refractivity contribution is -0.128. The summed E-state index contributed by atoms with van der Waals surface area (Å²) in [4.78, 5) is 25.7. The largest absolute Gasteiger partial charge is 0.369 e. The quantitative estimate of drug-likeness (QED) is 0.855. The van der Waals surface area contributed by atoms with E-state index in [4.69, 9.17) is 5.73 Å². The van der Waals surface area contributed by atoms with Gasteiger partial charge in [-0.1, -0.05) is 0 Å². The highest BCUT2D eigenvalue weighted by Gasteiger charge is 2.36. The van der Waals surface area contributed by atoms with Crippen LogP contribution in [0.2, 0.25) is 0 Å². The lowest BCUT2D eigenvalue weighted by Crippen LogP contribution is -2.47. The molecule has 1 amide bonds. The maximum Gasteiger partial charge on any atom is 0.231 e. The molecule has 0 saturated carbocycles. The van der Waals surface area contributed by atoms with Crippen LogP contribution in [0.15, 0.2) is 41.7 Å². The number of aromatic nitrogens is 2. The first-order chi connectivity index (χ1) is 10.9. The van der Waals surface area contributed by atoms with Crippen LogP contribution in [0.4, 0.5) is 4.39 Å². The molecule has 7 heteroatoms. The van der Waals surface area contributed by atoms with Gasteiger partial charge >= 0.3 is 0 Å². The Labute approximate surface area is 132 Å². The van der Waals surface area contributed by atoms with Crippen LogP contribution in [0.25, 0.3) is 11.3 Å². The summed E-state index contributed by atoms with van der Waals surface area (Å²) in [6, 6.07) is 6.72. The van der Waals surface area contributed by atoms with Crippen molar-refractivity contribution in [2.45, 2.75) is 18.9 Å². The summed E-state index contributed by atoms with van der Waals surface area (Å²) in [5.74, 6) is -0.551. The Morgan fingerprint density at radius 2 is 2.09 bits per heavy atom. The first kappa shape index (κ1) is 15.1. The molecule has 3 rings (SSSR count). The van der Waals surface area contributed by atoms with Gasteiger partial charge in [0.15, 0.2) is 5.96 Å². The smallest absolute Gasteiger partial charge is 0.231 e. The van der Waals surface area contributed by atoms with Crippen molar-refractivity contribution >= 4 is 11.9 Å². The summed E-state index contributed by atoms with van der Waals surface area (Å²) in [6.07, 6.45) is 3.13. The first-order valence-corrected chi connectivity index (χ1v) is 7.10. The van der Waals surface area contributed by atoms with E-state index in [-0.39, 0.29) is 18.3 Å². The van der Waals surface area contributed by atoms with Crippen LogP contribution in [-0.4, -0.2) is 33.8 Å². The normalized spacial score (nSPS) is 21.3. The van der Waals surface area contributed by atoms with Crippen LogP contribution in [0, 0.1) is 5.95 Å². The van der Waals surface area contributed by atoms with Gasteiger partial charge in [0, 0.05) is 19.4 Å². The topological polar surface area (TPSA) is 84.5 Å². The molecule has 2 aromatic heterocycles. The molecular formula is C16H16FN5O. The van der Waals surface area contributed by atoms with E-state index in [2.05, 4.69) is 15.0 Å². The van der Waals surface area contributed by atoms with E-state index >= 15 is 0 Å². The highest BCUT2D eigenvalue weighted by atomic mass is 19.1. The van der Waals surface area contributed by atoms with Gasteiger partial charge in [0.05, 0.1) is 23.2 Å². The zero-order valence-corrected chi connectivity index (χ0v) is 12.8. The first-order valence-electron chi connectivity index (χ1n) is 7.10. The van der Waals surface area contributed by atoms with Crippen LogP contribution in [0.1, 0.15) is 18.9 Å². The van der Waals surface area contributed by atoms with Crippen molar-refractivity contribution in [3.63, 3.8) is 0 Å². The van der Waals surface area contributed by atoms with Gasteiger partial charge in [-0.05, 0) is 36.8 Å². The summed E-state index contributed by atoms with van der Waals surface area (Å²) in [6.45, 7) is 1.82. The van der Waals surface area contributed by atoms with E-state index in [9.17, 15) is 9.18 Å². The van der Waals surface area contributed by atoms with Gasteiger partial charge < -0.3 is 5.73 Å². The van der Waals surface area contributed by atoms with Crippen molar-refractivity contribution in [3.8, 4) is 11.3 Å². The molecule has 1 atom stereocenters. The molecule has 0 spiro atoms. The second-order valence-electron chi connectivity index (χ2n) is 5.64.